The Morgan fingerprint density at radius 2 is 2.00 bits per heavy atom. The van der Waals surface area contributed by atoms with Crippen molar-refractivity contribution < 1.29 is 4.74 Å². The molecule has 5 heteroatoms. The highest BCUT2D eigenvalue weighted by atomic mass is 16.5. The van der Waals surface area contributed by atoms with E-state index in [0.717, 1.165) is 44.2 Å². The average Bonchev–Trinajstić information content (AvgIpc) is 2.66. The third kappa shape index (κ3) is 4.39. The zero-order chi connectivity index (χ0) is 17.0. The maximum absolute atomic E-state index is 6.29. The smallest absolute Gasteiger partial charge is 0.222 e. The van der Waals surface area contributed by atoms with Crippen LogP contribution in [0, 0.1) is 5.92 Å². The van der Waals surface area contributed by atoms with Crippen LogP contribution < -0.4 is 5.32 Å². The second-order valence-electron chi connectivity index (χ2n) is 7.89. The lowest BCUT2D eigenvalue weighted by molar-refractivity contribution is -0.115. The van der Waals surface area contributed by atoms with Crippen LogP contribution in [0.15, 0.2) is 30.6 Å². The molecule has 25 heavy (non-hydrogen) atoms. The van der Waals surface area contributed by atoms with Gasteiger partial charge in [0, 0.05) is 44.7 Å². The van der Waals surface area contributed by atoms with Gasteiger partial charge in [-0.2, -0.15) is 0 Å². The molecule has 0 aromatic carbocycles. The van der Waals surface area contributed by atoms with E-state index in [1.807, 2.05) is 6.07 Å². The van der Waals surface area contributed by atoms with Crippen molar-refractivity contribution in [3.8, 4) is 0 Å². The van der Waals surface area contributed by atoms with Crippen LogP contribution in [0.4, 0.5) is 5.95 Å². The zero-order valence-corrected chi connectivity index (χ0v) is 15.1. The lowest BCUT2D eigenvalue weighted by atomic mass is 9.82. The van der Waals surface area contributed by atoms with E-state index in [4.69, 9.17) is 4.74 Å². The van der Waals surface area contributed by atoms with Crippen molar-refractivity contribution in [1.29, 1.82) is 0 Å². The zero-order valence-electron chi connectivity index (χ0n) is 15.1. The van der Waals surface area contributed by atoms with Crippen LogP contribution >= 0.6 is 0 Å². The van der Waals surface area contributed by atoms with Crippen molar-refractivity contribution in [3.05, 3.63) is 30.6 Å². The van der Waals surface area contributed by atoms with Crippen LogP contribution in [-0.2, 0) is 4.74 Å². The molecule has 0 saturated carbocycles. The van der Waals surface area contributed by atoms with Crippen molar-refractivity contribution in [2.75, 3.05) is 31.6 Å². The number of piperidine rings is 1. The van der Waals surface area contributed by atoms with Gasteiger partial charge in [-0.3, -0.25) is 0 Å². The van der Waals surface area contributed by atoms with Crippen LogP contribution in [0.5, 0.6) is 0 Å². The van der Waals surface area contributed by atoms with Crippen LogP contribution in [-0.4, -0.2) is 52.8 Å². The molecule has 5 nitrogen and oxygen atoms in total. The predicted octanol–water partition coefficient (Wildman–Crippen LogP) is 3.26. The number of nitrogens with one attached hydrogen (secondary N) is 1. The van der Waals surface area contributed by atoms with Crippen LogP contribution in [0.1, 0.15) is 44.9 Å². The molecular formula is C20H30N4O. The number of allylic oxidation sites excluding steroid dienone is 2. The Labute approximate surface area is 150 Å². The van der Waals surface area contributed by atoms with Crippen molar-refractivity contribution in [1.82, 2.24) is 14.9 Å². The lowest BCUT2D eigenvalue weighted by Gasteiger charge is -2.46. The molecule has 0 radical (unpaired) electrons. The van der Waals surface area contributed by atoms with Crippen LogP contribution in [0.2, 0.25) is 0 Å². The fourth-order valence-corrected chi connectivity index (χ4v) is 4.59. The van der Waals surface area contributed by atoms with E-state index < -0.39 is 0 Å². The first-order chi connectivity index (χ1) is 12.3. The van der Waals surface area contributed by atoms with Gasteiger partial charge in [0.25, 0.3) is 0 Å². The summed E-state index contributed by atoms with van der Waals surface area (Å²) >= 11 is 0. The van der Waals surface area contributed by atoms with Gasteiger partial charge in [0.2, 0.25) is 5.95 Å². The summed E-state index contributed by atoms with van der Waals surface area (Å²) in [4.78, 5) is 11.3. The highest BCUT2D eigenvalue weighted by Gasteiger charge is 2.40. The van der Waals surface area contributed by atoms with Gasteiger partial charge in [-0.05, 0) is 56.9 Å². The quantitative estimate of drug-likeness (QED) is 0.851. The SMILES string of the molecule is C1=CC[C@@H](CN2CCC3(CC2)C[C@H](Nc2ncccn2)CCO3)CC1. The minimum absolute atomic E-state index is 0.0632. The number of anilines is 1. The van der Waals surface area contributed by atoms with Gasteiger partial charge in [-0.25, -0.2) is 9.97 Å². The first-order valence-corrected chi connectivity index (χ1v) is 9.86. The van der Waals surface area contributed by atoms with E-state index in [1.54, 1.807) is 12.4 Å². The second-order valence-corrected chi connectivity index (χ2v) is 7.89. The molecule has 1 aromatic rings. The minimum Gasteiger partial charge on any atom is -0.375 e. The molecular weight excluding hydrogens is 312 g/mol. The fourth-order valence-electron chi connectivity index (χ4n) is 4.59. The molecule has 2 aliphatic heterocycles. The van der Waals surface area contributed by atoms with Gasteiger partial charge in [0.1, 0.15) is 0 Å². The summed E-state index contributed by atoms with van der Waals surface area (Å²) in [5.41, 5.74) is 0.0632. The van der Waals surface area contributed by atoms with E-state index in [9.17, 15) is 0 Å². The van der Waals surface area contributed by atoms with Crippen LogP contribution in [0.3, 0.4) is 0 Å². The predicted molar refractivity (Wildman–Crippen MR) is 99.5 cm³/mol. The third-order valence-electron chi connectivity index (χ3n) is 6.05. The summed E-state index contributed by atoms with van der Waals surface area (Å²) in [5.74, 6) is 1.60. The molecule has 2 fully saturated rings. The van der Waals surface area contributed by atoms with Gasteiger partial charge < -0.3 is 15.0 Å². The molecule has 0 amide bonds. The average molecular weight is 342 g/mol. The monoisotopic (exact) mass is 342 g/mol. The molecule has 1 aliphatic carbocycles. The van der Waals surface area contributed by atoms with Crippen molar-refractivity contribution in [3.63, 3.8) is 0 Å². The topological polar surface area (TPSA) is 50.3 Å². The molecule has 3 heterocycles. The largest absolute Gasteiger partial charge is 0.375 e. The Balaban J connectivity index is 1.28. The van der Waals surface area contributed by atoms with Crippen molar-refractivity contribution in [2.45, 2.75) is 56.6 Å². The normalized spacial score (nSPS) is 29.6. The minimum atomic E-state index is 0.0632. The molecule has 2 saturated heterocycles. The van der Waals surface area contributed by atoms with E-state index in [1.165, 1.54) is 38.9 Å². The summed E-state index contributed by atoms with van der Waals surface area (Å²) in [6.07, 6.45) is 16.6. The summed E-state index contributed by atoms with van der Waals surface area (Å²) in [7, 11) is 0. The Bertz CT molecular complexity index is 568. The summed E-state index contributed by atoms with van der Waals surface area (Å²) in [5, 5.41) is 3.51. The Hall–Kier alpha value is -1.46. The Morgan fingerprint density at radius 1 is 1.16 bits per heavy atom. The summed E-state index contributed by atoms with van der Waals surface area (Å²) in [6.45, 7) is 4.46. The maximum atomic E-state index is 6.29. The van der Waals surface area contributed by atoms with E-state index in [0.29, 0.717) is 6.04 Å². The maximum Gasteiger partial charge on any atom is 0.222 e. The van der Waals surface area contributed by atoms with E-state index in [-0.39, 0.29) is 5.60 Å². The highest BCUT2D eigenvalue weighted by Crippen LogP contribution is 2.36. The van der Waals surface area contributed by atoms with Gasteiger partial charge in [-0.15, -0.1) is 0 Å². The van der Waals surface area contributed by atoms with Gasteiger partial charge in [0.15, 0.2) is 0 Å². The standard InChI is InChI=1S/C20H30N4O/c1-2-5-17(6-3-1)16-24-12-8-20(9-13-24)15-18(7-14-25-20)23-19-21-10-4-11-22-19/h1-2,4,10-11,17-18H,3,5-9,12-16H2,(H,21,22,23)/t17-,18-/m1/s1. The molecule has 2 atom stereocenters. The number of hydrogen-bond donors (Lipinski definition) is 1. The van der Waals surface area contributed by atoms with E-state index in [2.05, 4.69) is 32.3 Å². The Morgan fingerprint density at radius 3 is 2.76 bits per heavy atom. The molecule has 1 aromatic heterocycles. The van der Waals surface area contributed by atoms with Gasteiger partial charge in [0.05, 0.1) is 5.60 Å². The second kappa shape index (κ2) is 7.83. The Kier molecular flexibility index (Phi) is 5.32. The van der Waals surface area contributed by atoms with Gasteiger partial charge >= 0.3 is 0 Å². The molecule has 3 aliphatic rings. The molecule has 1 spiro atoms. The van der Waals surface area contributed by atoms with Crippen molar-refractivity contribution >= 4 is 5.95 Å². The number of aromatic nitrogens is 2. The third-order valence-corrected chi connectivity index (χ3v) is 6.05. The fraction of sp³-hybridized carbons (Fsp3) is 0.700. The molecule has 0 bridgehead atoms. The number of nitrogens with zero attached hydrogens (tertiary/aromatic N) is 3. The van der Waals surface area contributed by atoms with Crippen LogP contribution in [0.25, 0.3) is 0 Å². The molecule has 1 N–H and O–H groups in total. The summed E-state index contributed by atoms with van der Waals surface area (Å²) in [6, 6.07) is 2.28. The first-order valence-electron chi connectivity index (χ1n) is 9.86. The summed E-state index contributed by atoms with van der Waals surface area (Å²) < 4.78 is 6.29. The van der Waals surface area contributed by atoms with Crippen molar-refractivity contribution in [2.24, 2.45) is 5.92 Å². The molecule has 0 unspecified atom stereocenters. The number of likely N-dealkylation sites (tertiary alicyclic amines) is 1. The number of ether oxygens (including phenoxy) is 1. The first kappa shape index (κ1) is 17.0. The lowest BCUT2D eigenvalue weighted by Crippen LogP contribution is -2.52. The number of hydrogen-bond acceptors (Lipinski definition) is 5. The van der Waals surface area contributed by atoms with E-state index >= 15 is 0 Å². The highest BCUT2D eigenvalue weighted by molar-refractivity contribution is 5.25. The molecule has 136 valence electrons. The molecule has 4 rings (SSSR count). The van der Waals surface area contributed by atoms with Gasteiger partial charge in [-0.1, -0.05) is 12.2 Å². The number of rotatable bonds is 4.